The Kier molecular flexibility index (Phi) is 6.19. The highest BCUT2D eigenvalue weighted by Crippen LogP contribution is 2.43. The Morgan fingerprint density at radius 1 is 1.00 bits per heavy atom. The Morgan fingerprint density at radius 3 is 2.46 bits per heavy atom. The number of amides is 2. The standard InChI is InChI=1S/C30H25ClN4O4/c1-19-6-4-7-20(16-19)29-27-10-5-15-32(27)25-8-2-3-9-26(25)34(29)28(36)18-33(21-11-12-21)30(37)23-14-13-22(35(38)39)17-24(23)31/h2-10,13-17,21,29H,11-12,18H2,1H3. The summed E-state index contributed by atoms with van der Waals surface area (Å²) in [6.45, 7) is 1.88. The van der Waals surface area contributed by atoms with E-state index in [1.807, 2.05) is 67.7 Å². The van der Waals surface area contributed by atoms with Gasteiger partial charge in [0.2, 0.25) is 5.91 Å². The average Bonchev–Trinajstić information content (AvgIpc) is 3.65. The predicted octanol–water partition coefficient (Wildman–Crippen LogP) is 6.09. The molecule has 4 aromatic rings. The minimum Gasteiger partial charge on any atom is -0.326 e. The molecular formula is C30H25ClN4O4. The van der Waals surface area contributed by atoms with E-state index in [0.29, 0.717) is 0 Å². The maximum Gasteiger partial charge on any atom is 0.270 e. The summed E-state index contributed by atoms with van der Waals surface area (Å²) < 4.78 is 2.10. The topological polar surface area (TPSA) is 88.7 Å². The molecule has 2 aliphatic rings. The monoisotopic (exact) mass is 540 g/mol. The first-order chi connectivity index (χ1) is 18.8. The van der Waals surface area contributed by atoms with E-state index in [1.165, 1.54) is 18.2 Å². The number of benzene rings is 3. The van der Waals surface area contributed by atoms with Gasteiger partial charge in [0.25, 0.3) is 11.6 Å². The molecule has 1 fully saturated rings. The summed E-state index contributed by atoms with van der Waals surface area (Å²) in [5, 5.41) is 11.1. The molecule has 1 aromatic heterocycles. The maximum atomic E-state index is 14.3. The van der Waals surface area contributed by atoms with Crippen molar-refractivity contribution in [1.82, 2.24) is 9.47 Å². The molecule has 2 amide bonds. The number of aryl methyl sites for hydroxylation is 1. The van der Waals surface area contributed by atoms with Gasteiger partial charge in [-0.15, -0.1) is 0 Å². The van der Waals surface area contributed by atoms with E-state index in [4.69, 9.17) is 11.6 Å². The molecule has 6 rings (SSSR count). The molecule has 39 heavy (non-hydrogen) atoms. The van der Waals surface area contributed by atoms with Crippen molar-refractivity contribution in [2.24, 2.45) is 0 Å². The maximum absolute atomic E-state index is 14.3. The molecule has 1 aliphatic heterocycles. The number of halogens is 1. The van der Waals surface area contributed by atoms with Crippen molar-refractivity contribution in [2.45, 2.75) is 31.8 Å². The summed E-state index contributed by atoms with van der Waals surface area (Å²) in [6, 6.07) is 23.2. The number of fused-ring (bicyclic) bond motifs is 3. The molecule has 0 bridgehead atoms. The van der Waals surface area contributed by atoms with Gasteiger partial charge in [0.1, 0.15) is 12.6 Å². The van der Waals surface area contributed by atoms with Gasteiger partial charge in [-0.1, -0.05) is 53.6 Å². The molecule has 1 unspecified atom stereocenters. The fourth-order valence-electron chi connectivity index (χ4n) is 5.34. The van der Waals surface area contributed by atoms with Crippen LogP contribution in [-0.4, -0.2) is 38.8 Å². The Bertz CT molecular complexity index is 1630. The van der Waals surface area contributed by atoms with E-state index < -0.39 is 10.8 Å². The zero-order valence-corrected chi connectivity index (χ0v) is 21.9. The zero-order valence-electron chi connectivity index (χ0n) is 21.2. The number of nitro benzene ring substituents is 1. The van der Waals surface area contributed by atoms with Crippen LogP contribution in [0.15, 0.2) is 85.1 Å². The van der Waals surface area contributed by atoms with Crippen molar-refractivity contribution in [1.29, 1.82) is 0 Å². The molecular weight excluding hydrogens is 516 g/mol. The molecule has 196 valence electrons. The molecule has 0 spiro atoms. The van der Waals surface area contributed by atoms with Crippen molar-refractivity contribution in [2.75, 3.05) is 11.4 Å². The summed E-state index contributed by atoms with van der Waals surface area (Å²) in [4.78, 5) is 41.8. The minimum absolute atomic E-state index is 0.00826. The zero-order chi connectivity index (χ0) is 27.3. The summed E-state index contributed by atoms with van der Waals surface area (Å²) in [5.74, 6) is -0.633. The number of carbonyl (C=O) groups is 2. The second-order valence-electron chi connectivity index (χ2n) is 9.96. The Balaban J connectivity index is 1.39. The first-order valence-electron chi connectivity index (χ1n) is 12.7. The van der Waals surface area contributed by atoms with Crippen LogP contribution in [0, 0.1) is 17.0 Å². The largest absolute Gasteiger partial charge is 0.326 e. The van der Waals surface area contributed by atoms with Gasteiger partial charge in [0, 0.05) is 24.4 Å². The van der Waals surface area contributed by atoms with Gasteiger partial charge < -0.3 is 9.47 Å². The SMILES string of the molecule is Cc1cccc(C2c3cccn3-c3ccccc3N2C(=O)CN(C(=O)c2ccc([N+](=O)[O-])cc2Cl)C2CC2)c1. The lowest BCUT2D eigenvalue weighted by Gasteiger charge is -2.39. The van der Waals surface area contributed by atoms with Crippen LogP contribution in [0.4, 0.5) is 11.4 Å². The number of hydrogen-bond donors (Lipinski definition) is 0. The molecule has 9 heteroatoms. The van der Waals surface area contributed by atoms with E-state index in [0.717, 1.165) is 41.0 Å². The van der Waals surface area contributed by atoms with Gasteiger partial charge in [-0.05, 0) is 55.7 Å². The van der Waals surface area contributed by atoms with Crippen molar-refractivity contribution in [3.63, 3.8) is 0 Å². The van der Waals surface area contributed by atoms with Crippen molar-refractivity contribution >= 4 is 34.8 Å². The fraction of sp³-hybridized carbons (Fsp3) is 0.200. The molecule has 0 radical (unpaired) electrons. The number of nitrogens with zero attached hydrogens (tertiary/aromatic N) is 4. The minimum atomic E-state index is -0.558. The summed E-state index contributed by atoms with van der Waals surface area (Å²) >= 11 is 6.30. The van der Waals surface area contributed by atoms with Crippen LogP contribution in [0.25, 0.3) is 5.69 Å². The average molecular weight is 541 g/mol. The lowest BCUT2D eigenvalue weighted by Crippen LogP contribution is -2.47. The molecule has 2 heterocycles. The molecule has 3 aromatic carbocycles. The van der Waals surface area contributed by atoms with Crippen molar-refractivity contribution < 1.29 is 14.5 Å². The second-order valence-corrected chi connectivity index (χ2v) is 10.4. The summed E-state index contributed by atoms with van der Waals surface area (Å²) in [7, 11) is 0. The summed E-state index contributed by atoms with van der Waals surface area (Å²) in [6.07, 6.45) is 3.56. The number of rotatable bonds is 6. The third kappa shape index (κ3) is 4.46. The van der Waals surface area contributed by atoms with Crippen LogP contribution < -0.4 is 4.90 Å². The van der Waals surface area contributed by atoms with Gasteiger partial charge in [-0.25, -0.2) is 0 Å². The number of para-hydroxylation sites is 2. The Labute approximate surface area is 230 Å². The third-order valence-electron chi connectivity index (χ3n) is 7.29. The van der Waals surface area contributed by atoms with Gasteiger partial charge >= 0.3 is 0 Å². The number of anilines is 1. The van der Waals surface area contributed by atoms with E-state index in [2.05, 4.69) is 10.6 Å². The Morgan fingerprint density at radius 2 is 1.77 bits per heavy atom. The van der Waals surface area contributed by atoms with Gasteiger partial charge in [0.15, 0.2) is 0 Å². The number of carbonyl (C=O) groups excluding carboxylic acids is 2. The summed E-state index contributed by atoms with van der Waals surface area (Å²) in [5.41, 5.74) is 4.60. The van der Waals surface area contributed by atoms with E-state index >= 15 is 0 Å². The highest BCUT2D eigenvalue weighted by molar-refractivity contribution is 6.34. The van der Waals surface area contributed by atoms with E-state index in [9.17, 15) is 19.7 Å². The quantitative estimate of drug-likeness (QED) is 0.219. The first-order valence-corrected chi connectivity index (χ1v) is 13.1. The number of aromatic nitrogens is 1. The lowest BCUT2D eigenvalue weighted by molar-refractivity contribution is -0.384. The third-order valence-corrected chi connectivity index (χ3v) is 7.61. The van der Waals surface area contributed by atoms with Crippen molar-refractivity contribution in [3.05, 3.63) is 123 Å². The molecule has 1 atom stereocenters. The van der Waals surface area contributed by atoms with Crippen LogP contribution in [0.3, 0.4) is 0 Å². The highest BCUT2D eigenvalue weighted by atomic mass is 35.5. The van der Waals surface area contributed by atoms with E-state index in [1.54, 1.807) is 9.80 Å². The molecule has 1 saturated carbocycles. The van der Waals surface area contributed by atoms with Crippen LogP contribution in [0.5, 0.6) is 0 Å². The first kappa shape index (κ1) is 24.9. The smallest absolute Gasteiger partial charge is 0.270 e. The normalized spacial score (nSPS) is 15.8. The van der Waals surface area contributed by atoms with Gasteiger partial charge in [0.05, 0.1) is 32.6 Å². The molecule has 8 nitrogen and oxygen atoms in total. The number of hydrogen-bond acceptors (Lipinski definition) is 4. The van der Waals surface area contributed by atoms with Crippen LogP contribution in [-0.2, 0) is 4.79 Å². The van der Waals surface area contributed by atoms with E-state index in [-0.39, 0.29) is 40.8 Å². The molecule has 0 N–H and O–H groups in total. The number of non-ortho nitro benzene ring substituents is 1. The van der Waals surface area contributed by atoms with Crippen LogP contribution in [0.1, 0.15) is 46.1 Å². The Hall–Kier alpha value is -4.43. The highest BCUT2D eigenvalue weighted by Gasteiger charge is 2.40. The number of nitro groups is 1. The molecule has 1 aliphatic carbocycles. The fourth-order valence-corrected chi connectivity index (χ4v) is 5.59. The van der Waals surface area contributed by atoms with Gasteiger partial charge in [-0.3, -0.25) is 24.6 Å². The van der Waals surface area contributed by atoms with Gasteiger partial charge in [-0.2, -0.15) is 0 Å². The van der Waals surface area contributed by atoms with Crippen molar-refractivity contribution in [3.8, 4) is 5.69 Å². The molecule has 0 saturated heterocycles. The lowest BCUT2D eigenvalue weighted by atomic mass is 9.96. The van der Waals surface area contributed by atoms with Crippen LogP contribution >= 0.6 is 11.6 Å². The van der Waals surface area contributed by atoms with Crippen LogP contribution in [0.2, 0.25) is 5.02 Å². The predicted molar refractivity (Wildman–Crippen MR) is 148 cm³/mol. The second kappa shape index (κ2) is 9.71.